The lowest BCUT2D eigenvalue weighted by Crippen LogP contribution is -2.12. The van der Waals surface area contributed by atoms with Crippen LogP contribution in [0.5, 0.6) is 0 Å². The monoisotopic (exact) mass is 382 g/mol. The third-order valence-electron chi connectivity index (χ3n) is 2.69. The molecule has 0 aliphatic rings. The molecule has 0 spiro atoms. The fraction of sp³-hybridized carbons (Fsp3) is 0.0714. The minimum Gasteiger partial charge on any atom is -0.398 e. The van der Waals surface area contributed by atoms with E-state index in [9.17, 15) is 4.79 Å². The molecule has 0 saturated carbocycles. The molecule has 2 aromatic carbocycles. The van der Waals surface area contributed by atoms with Crippen LogP contribution in [0.1, 0.15) is 15.9 Å². The van der Waals surface area contributed by atoms with Gasteiger partial charge in [0.05, 0.1) is 0 Å². The van der Waals surface area contributed by atoms with Crippen molar-refractivity contribution < 1.29 is 4.79 Å². The number of amides is 1. The Morgan fingerprint density at radius 1 is 1.11 bits per heavy atom. The van der Waals surface area contributed by atoms with E-state index in [1.807, 2.05) is 25.1 Å². The van der Waals surface area contributed by atoms with Crippen LogP contribution in [0.2, 0.25) is 0 Å². The van der Waals surface area contributed by atoms with Crippen LogP contribution >= 0.6 is 31.9 Å². The first-order chi connectivity index (χ1) is 8.97. The zero-order valence-electron chi connectivity index (χ0n) is 10.2. The van der Waals surface area contributed by atoms with Gasteiger partial charge < -0.3 is 11.1 Å². The Hall–Kier alpha value is -1.33. The average molecular weight is 384 g/mol. The summed E-state index contributed by atoms with van der Waals surface area (Å²) >= 11 is 6.74. The Morgan fingerprint density at radius 2 is 1.84 bits per heavy atom. The summed E-state index contributed by atoms with van der Waals surface area (Å²) in [6.45, 7) is 1.99. The van der Waals surface area contributed by atoms with E-state index in [0.29, 0.717) is 11.3 Å². The highest BCUT2D eigenvalue weighted by Gasteiger charge is 2.08. The van der Waals surface area contributed by atoms with E-state index in [1.165, 1.54) is 0 Å². The Morgan fingerprint density at radius 3 is 2.47 bits per heavy atom. The average Bonchev–Trinajstić information content (AvgIpc) is 2.37. The molecule has 98 valence electrons. The first-order valence-corrected chi connectivity index (χ1v) is 7.18. The Kier molecular flexibility index (Phi) is 4.27. The quantitative estimate of drug-likeness (QED) is 0.757. The lowest BCUT2D eigenvalue weighted by Gasteiger charge is -2.08. The van der Waals surface area contributed by atoms with Crippen LogP contribution in [0, 0.1) is 6.92 Å². The smallest absolute Gasteiger partial charge is 0.255 e. The molecule has 0 atom stereocenters. The minimum atomic E-state index is -0.185. The summed E-state index contributed by atoms with van der Waals surface area (Å²) in [6.07, 6.45) is 0. The van der Waals surface area contributed by atoms with Gasteiger partial charge in [-0.2, -0.15) is 0 Å². The van der Waals surface area contributed by atoms with E-state index in [0.717, 1.165) is 20.2 Å². The van der Waals surface area contributed by atoms with Gasteiger partial charge in [-0.25, -0.2) is 0 Å². The predicted molar refractivity (Wildman–Crippen MR) is 85.4 cm³/mol. The van der Waals surface area contributed by atoms with Crippen molar-refractivity contribution in [2.75, 3.05) is 11.1 Å². The number of hydrogen-bond donors (Lipinski definition) is 2. The number of halogens is 2. The van der Waals surface area contributed by atoms with E-state index < -0.39 is 0 Å². The number of nitrogens with one attached hydrogen (secondary N) is 1. The van der Waals surface area contributed by atoms with Gasteiger partial charge >= 0.3 is 0 Å². The standard InChI is InChI=1S/C14H12Br2N2O/c1-8-2-4-10(7-12(8)16)18-14(19)9-3-5-11(15)13(17)6-9/h2-7H,17H2,1H3,(H,18,19). The molecule has 0 fully saturated rings. The van der Waals surface area contributed by atoms with Crippen molar-refractivity contribution >= 4 is 49.1 Å². The van der Waals surface area contributed by atoms with Crippen molar-refractivity contribution in [2.45, 2.75) is 6.92 Å². The third-order valence-corrected chi connectivity index (χ3v) is 4.26. The molecule has 3 N–H and O–H groups in total. The van der Waals surface area contributed by atoms with Crippen LogP contribution < -0.4 is 11.1 Å². The number of carbonyl (C=O) groups excluding carboxylic acids is 1. The molecular weight excluding hydrogens is 372 g/mol. The summed E-state index contributed by atoms with van der Waals surface area (Å²) < 4.78 is 1.74. The molecule has 0 heterocycles. The highest BCUT2D eigenvalue weighted by Crippen LogP contribution is 2.23. The molecule has 0 aliphatic carbocycles. The number of nitrogens with two attached hydrogens (primary N) is 1. The molecule has 5 heteroatoms. The van der Waals surface area contributed by atoms with Crippen LogP contribution in [-0.4, -0.2) is 5.91 Å². The van der Waals surface area contributed by atoms with Gasteiger partial charge in [-0.1, -0.05) is 22.0 Å². The fourth-order valence-electron chi connectivity index (χ4n) is 1.56. The van der Waals surface area contributed by atoms with Gasteiger partial charge in [-0.05, 0) is 58.7 Å². The van der Waals surface area contributed by atoms with Gasteiger partial charge in [0.15, 0.2) is 0 Å². The van der Waals surface area contributed by atoms with Crippen molar-refractivity contribution in [1.82, 2.24) is 0 Å². The molecule has 0 saturated heterocycles. The van der Waals surface area contributed by atoms with E-state index in [1.54, 1.807) is 18.2 Å². The molecule has 2 aromatic rings. The van der Waals surface area contributed by atoms with E-state index in [2.05, 4.69) is 37.2 Å². The van der Waals surface area contributed by atoms with Crippen molar-refractivity contribution in [1.29, 1.82) is 0 Å². The van der Waals surface area contributed by atoms with Gasteiger partial charge in [-0.15, -0.1) is 0 Å². The van der Waals surface area contributed by atoms with Crippen molar-refractivity contribution in [2.24, 2.45) is 0 Å². The second-order valence-corrected chi connectivity index (χ2v) is 5.86. The van der Waals surface area contributed by atoms with Crippen molar-refractivity contribution in [3.8, 4) is 0 Å². The van der Waals surface area contributed by atoms with Gasteiger partial charge in [-0.3, -0.25) is 4.79 Å². The van der Waals surface area contributed by atoms with E-state index in [4.69, 9.17) is 5.73 Å². The second kappa shape index (κ2) is 5.75. The number of carbonyl (C=O) groups is 1. The van der Waals surface area contributed by atoms with Crippen LogP contribution in [-0.2, 0) is 0 Å². The minimum absolute atomic E-state index is 0.185. The highest BCUT2D eigenvalue weighted by molar-refractivity contribution is 9.10. The SMILES string of the molecule is Cc1ccc(NC(=O)c2ccc(Br)c(N)c2)cc1Br. The van der Waals surface area contributed by atoms with Gasteiger partial charge in [0.25, 0.3) is 5.91 Å². The normalized spacial score (nSPS) is 10.3. The Balaban J connectivity index is 2.20. The molecule has 3 nitrogen and oxygen atoms in total. The lowest BCUT2D eigenvalue weighted by atomic mass is 10.1. The summed E-state index contributed by atoms with van der Waals surface area (Å²) in [5.41, 5.74) is 8.68. The van der Waals surface area contributed by atoms with Gasteiger partial charge in [0, 0.05) is 25.9 Å². The first kappa shape index (κ1) is 14.1. The second-order valence-electron chi connectivity index (χ2n) is 4.15. The summed E-state index contributed by atoms with van der Waals surface area (Å²) in [4.78, 5) is 12.1. The zero-order chi connectivity index (χ0) is 14.0. The maximum absolute atomic E-state index is 12.1. The number of nitrogen functional groups attached to an aromatic ring is 1. The number of aryl methyl sites for hydroxylation is 1. The van der Waals surface area contributed by atoms with Crippen LogP contribution in [0.15, 0.2) is 45.3 Å². The van der Waals surface area contributed by atoms with Crippen LogP contribution in [0.25, 0.3) is 0 Å². The largest absolute Gasteiger partial charge is 0.398 e. The molecule has 0 aliphatic heterocycles. The molecular formula is C14H12Br2N2O. The van der Waals surface area contributed by atoms with Crippen LogP contribution in [0.4, 0.5) is 11.4 Å². The van der Waals surface area contributed by atoms with E-state index >= 15 is 0 Å². The maximum Gasteiger partial charge on any atom is 0.255 e. The molecule has 0 unspecified atom stereocenters. The van der Waals surface area contributed by atoms with Crippen molar-refractivity contribution in [3.63, 3.8) is 0 Å². The predicted octanol–water partition coefficient (Wildman–Crippen LogP) is 4.35. The maximum atomic E-state index is 12.1. The highest BCUT2D eigenvalue weighted by atomic mass is 79.9. The van der Waals surface area contributed by atoms with Crippen molar-refractivity contribution in [3.05, 3.63) is 56.5 Å². The zero-order valence-corrected chi connectivity index (χ0v) is 13.4. The fourth-order valence-corrected chi connectivity index (χ4v) is 2.18. The number of anilines is 2. The summed E-state index contributed by atoms with van der Waals surface area (Å²) in [7, 11) is 0. The molecule has 0 bridgehead atoms. The van der Waals surface area contributed by atoms with E-state index in [-0.39, 0.29) is 5.91 Å². The molecule has 2 rings (SSSR count). The number of rotatable bonds is 2. The van der Waals surface area contributed by atoms with Gasteiger partial charge in [0.2, 0.25) is 0 Å². The topological polar surface area (TPSA) is 55.1 Å². The first-order valence-electron chi connectivity index (χ1n) is 5.60. The Bertz CT molecular complexity index is 641. The molecule has 1 amide bonds. The number of benzene rings is 2. The summed E-state index contributed by atoms with van der Waals surface area (Å²) in [5, 5.41) is 2.83. The molecule has 19 heavy (non-hydrogen) atoms. The summed E-state index contributed by atoms with van der Waals surface area (Å²) in [5.74, 6) is -0.185. The molecule has 0 radical (unpaired) electrons. The number of hydrogen-bond acceptors (Lipinski definition) is 2. The lowest BCUT2D eigenvalue weighted by molar-refractivity contribution is 0.102. The Labute approximate surface area is 128 Å². The van der Waals surface area contributed by atoms with Gasteiger partial charge in [0.1, 0.15) is 0 Å². The van der Waals surface area contributed by atoms with Crippen LogP contribution in [0.3, 0.4) is 0 Å². The third kappa shape index (κ3) is 3.36. The summed E-state index contributed by atoms with van der Waals surface area (Å²) in [6, 6.07) is 10.8. The molecule has 0 aromatic heterocycles.